The predicted octanol–water partition coefficient (Wildman–Crippen LogP) is 11.0. The monoisotopic (exact) mass is 806 g/mol. The van der Waals surface area contributed by atoms with Gasteiger partial charge in [0.05, 0.1) is 0 Å². The van der Waals surface area contributed by atoms with Gasteiger partial charge in [-0.2, -0.15) is 0 Å². The Balaban J connectivity index is 2.04. The van der Waals surface area contributed by atoms with Crippen LogP contribution in [-0.4, -0.2) is 42.3 Å². The molecule has 8 N–H and O–H groups in total. The Morgan fingerprint density at radius 2 is 0.942 bits per heavy atom. The minimum absolute atomic E-state index is 0.106. The van der Waals surface area contributed by atoms with Crippen molar-refractivity contribution in [2.45, 2.75) is 137 Å². The number of nitrogens with two attached hydrogens (primary N) is 2. The minimum atomic E-state index is -0.972. The number of phenolic OH excluding ortho intramolecular Hbond substituents is 4. The van der Waals surface area contributed by atoms with E-state index in [1.165, 1.54) is 24.3 Å². The van der Waals surface area contributed by atoms with Crippen molar-refractivity contribution in [1.82, 2.24) is 0 Å². The van der Waals surface area contributed by atoms with Crippen LogP contribution in [0.15, 0.2) is 24.3 Å². The summed E-state index contributed by atoms with van der Waals surface area (Å²) in [6, 6.07) is 6.13. The first-order valence-corrected chi connectivity index (χ1v) is 19.9. The highest BCUT2D eigenvalue weighted by molar-refractivity contribution is 6.44. The highest BCUT2D eigenvalue weighted by Crippen LogP contribution is 2.46. The average molecular weight is 809 g/mol. The van der Waals surface area contributed by atoms with Crippen LogP contribution in [0, 0.1) is 11.8 Å². The minimum Gasteiger partial charge on any atom is -0.508 e. The summed E-state index contributed by atoms with van der Waals surface area (Å²) in [5.74, 6) is -1.39. The third-order valence-electron chi connectivity index (χ3n) is 10.2. The number of benzene rings is 2. The van der Waals surface area contributed by atoms with E-state index in [2.05, 4.69) is 0 Å². The van der Waals surface area contributed by atoms with Crippen LogP contribution in [0.5, 0.6) is 23.0 Å². The molecular formula is C38H54Cl4N2O8. The fraction of sp³-hybridized carbons (Fsp3) is 0.632. The van der Waals surface area contributed by atoms with Crippen LogP contribution < -0.4 is 11.5 Å². The molecular weight excluding hydrogens is 754 g/mol. The van der Waals surface area contributed by atoms with Crippen molar-refractivity contribution in [2.75, 3.05) is 0 Å². The smallest absolute Gasteiger partial charge is 0.405 e. The summed E-state index contributed by atoms with van der Waals surface area (Å²) in [5.41, 5.74) is 12.6. The molecule has 4 bridgehead atoms. The van der Waals surface area contributed by atoms with Crippen LogP contribution in [0.3, 0.4) is 0 Å². The number of hydrogen-bond acceptors (Lipinski definition) is 8. The number of carbonyl (C=O) groups is 2. The van der Waals surface area contributed by atoms with E-state index in [9.17, 15) is 30.0 Å². The van der Waals surface area contributed by atoms with Gasteiger partial charge in [-0.3, -0.25) is 0 Å². The maximum Gasteiger partial charge on any atom is 0.405 e. The molecule has 0 fully saturated rings. The van der Waals surface area contributed by atoms with Gasteiger partial charge in [-0.15, -0.1) is 46.4 Å². The summed E-state index contributed by atoms with van der Waals surface area (Å²) in [5, 5.41) is 45.4. The zero-order valence-corrected chi connectivity index (χ0v) is 32.9. The first-order chi connectivity index (χ1) is 24.6. The zero-order chi connectivity index (χ0) is 38.5. The first kappa shape index (κ1) is 43.7. The van der Waals surface area contributed by atoms with Gasteiger partial charge in [0.2, 0.25) is 0 Å². The number of aromatic hydroxyl groups is 4. The summed E-state index contributed by atoms with van der Waals surface area (Å²) in [4.78, 5) is 23.0. The Kier molecular flexibility index (Phi) is 17.9. The van der Waals surface area contributed by atoms with E-state index in [0.29, 0.717) is 112 Å². The molecule has 2 aromatic carbocycles. The number of carbonyl (C=O) groups excluding carboxylic acids is 2. The Morgan fingerprint density at radius 3 is 1.23 bits per heavy atom. The number of halogens is 4. The largest absolute Gasteiger partial charge is 0.508 e. The highest BCUT2D eigenvalue weighted by atomic mass is 35.5. The van der Waals surface area contributed by atoms with Crippen molar-refractivity contribution in [2.24, 2.45) is 23.3 Å². The lowest BCUT2D eigenvalue weighted by Crippen LogP contribution is -2.22. The summed E-state index contributed by atoms with van der Waals surface area (Å²) >= 11 is 24.0. The molecule has 292 valence electrons. The standard InChI is InChI=1S/C38H54Cl4N2O8/c1-21-9-3-5-11-23(13-7-15-31(39)40)34-29(47)19-26(20-30(34)48)36(52-38(44)50)22(2)10-4-6-12-24(14-8-16-32(41)42)33-27(45)17-25(18-28(33)46)35(21)51-37(43)49/h17-24,31-32,35-36,45-48H,3-16H2,1-2H3,(H2,43,49)(H2,44,50)/t21-,22-,23?,24?,35+,36+/m0/s1. The fourth-order valence-electron chi connectivity index (χ4n) is 7.65. The summed E-state index contributed by atoms with van der Waals surface area (Å²) in [6.45, 7) is 3.82. The molecule has 0 spiro atoms. The van der Waals surface area contributed by atoms with Crippen molar-refractivity contribution in [3.8, 4) is 23.0 Å². The molecule has 2 unspecified atom stereocenters. The normalized spacial score (nSPS) is 23.6. The van der Waals surface area contributed by atoms with Gasteiger partial charge < -0.3 is 41.4 Å². The van der Waals surface area contributed by atoms with Crippen molar-refractivity contribution in [3.63, 3.8) is 0 Å². The van der Waals surface area contributed by atoms with Crippen LogP contribution in [0.25, 0.3) is 0 Å². The lowest BCUT2D eigenvalue weighted by molar-refractivity contribution is 0.0683. The van der Waals surface area contributed by atoms with Gasteiger partial charge in [0, 0.05) is 22.3 Å². The molecule has 10 nitrogen and oxygen atoms in total. The molecule has 2 aromatic rings. The number of hydrogen-bond donors (Lipinski definition) is 6. The van der Waals surface area contributed by atoms with Crippen LogP contribution in [0.1, 0.15) is 150 Å². The van der Waals surface area contributed by atoms with Gasteiger partial charge >= 0.3 is 12.2 Å². The zero-order valence-electron chi connectivity index (χ0n) is 29.9. The van der Waals surface area contributed by atoms with E-state index in [0.717, 1.165) is 0 Å². The van der Waals surface area contributed by atoms with E-state index in [-0.39, 0.29) is 46.7 Å². The topological polar surface area (TPSA) is 186 Å². The molecule has 0 radical (unpaired) electrons. The number of rotatable bonds is 10. The van der Waals surface area contributed by atoms with Crippen molar-refractivity contribution >= 4 is 58.6 Å². The SMILES string of the molecule is C[C@H]1CCCCC(CCCC(Cl)Cl)c2c(O)cc(cc2O)[C@H](OC(N)=O)[C@@H](C)CCCCC(CCCC(Cl)Cl)c2c(O)cc(cc2O)[C@@H]1OC(N)=O. The quantitative estimate of drug-likeness (QED) is 0.128. The third-order valence-corrected chi connectivity index (χ3v) is 11.1. The maximum atomic E-state index is 12.0. The second-order valence-electron chi connectivity index (χ2n) is 14.2. The number of primary amides is 2. The molecule has 14 heteroatoms. The van der Waals surface area contributed by atoms with Gasteiger partial charge in [0.25, 0.3) is 0 Å². The third kappa shape index (κ3) is 13.3. The van der Waals surface area contributed by atoms with E-state index in [1.807, 2.05) is 13.8 Å². The molecule has 2 amide bonds. The molecule has 52 heavy (non-hydrogen) atoms. The highest BCUT2D eigenvalue weighted by Gasteiger charge is 2.30. The molecule has 0 aliphatic heterocycles. The van der Waals surface area contributed by atoms with Crippen LogP contribution in [-0.2, 0) is 9.47 Å². The summed E-state index contributed by atoms with van der Waals surface area (Å²) in [6.07, 6.45) is 5.15. The molecule has 4 aliphatic rings. The van der Waals surface area contributed by atoms with E-state index in [1.54, 1.807) is 0 Å². The van der Waals surface area contributed by atoms with Gasteiger partial charge in [-0.25, -0.2) is 9.59 Å². The van der Waals surface area contributed by atoms with Gasteiger partial charge in [-0.05, 0) is 99.3 Å². The molecule has 6 rings (SSSR count). The first-order valence-electron chi connectivity index (χ1n) is 18.2. The molecule has 0 saturated carbocycles. The van der Waals surface area contributed by atoms with Crippen molar-refractivity contribution in [1.29, 1.82) is 0 Å². The van der Waals surface area contributed by atoms with Gasteiger partial charge in [0.1, 0.15) is 44.9 Å². The number of alkyl halides is 4. The number of phenols is 4. The van der Waals surface area contributed by atoms with E-state index < -0.39 is 34.1 Å². The van der Waals surface area contributed by atoms with E-state index in [4.69, 9.17) is 67.3 Å². The Morgan fingerprint density at radius 1 is 0.635 bits per heavy atom. The molecule has 0 heterocycles. The Bertz CT molecular complexity index is 1310. The van der Waals surface area contributed by atoms with Crippen molar-refractivity contribution in [3.05, 3.63) is 46.5 Å². The Hall–Kier alpha value is -2.66. The Labute approximate surface area is 327 Å². The summed E-state index contributed by atoms with van der Waals surface area (Å²) in [7, 11) is 0. The van der Waals surface area contributed by atoms with Crippen LogP contribution in [0.4, 0.5) is 9.59 Å². The van der Waals surface area contributed by atoms with E-state index >= 15 is 0 Å². The lowest BCUT2D eigenvalue weighted by Gasteiger charge is -2.28. The number of ether oxygens (including phenoxy) is 2. The van der Waals surface area contributed by atoms with Gasteiger partial charge in [-0.1, -0.05) is 52.4 Å². The fourth-order valence-corrected chi connectivity index (χ4v) is 8.27. The summed E-state index contributed by atoms with van der Waals surface area (Å²) < 4.78 is 11.1. The maximum absolute atomic E-state index is 12.0. The lowest BCUT2D eigenvalue weighted by atomic mass is 9.83. The number of amides is 2. The molecule has 6 atom stereocenters. The molecule has 0 aromatic heterocycles. The molecule has 4 aliphatic carbocycles. The molecule has 0 saturated heterocycles. The van der Waals surface area contributed by atoms with Crippen molar-refractivity contribution < 1.29 is 39.5 Å². The second kappa shape index (κ2) is 21.3. The predicted molar refractivity (Wildman–Crippen MR) is 206 cm³/mol. The van der Waals surface area contributed by atoms with Crippen LogP contribution in [0.2, 0.25) is 0 Å². The van der Waals surface area contributed by atoms with Gasteiger partial charge in [0.15, 0.2) is 0 Å². The average Bonchev–Trinajstić information content (AvgIpc) is 3.03. The van der Waals surface area contributed by atoms with Crippen LogP contribution >= 0.6 is 46.4 Å². The second-order valence-corrected chi connectivity index (χ2v) is 16.8.